The average molecular weight is 213 g/mol. The van der Waals surface area contributed by atoms with E-state index in [4.69, 9.17) is 4.42 Å². The smallest absolute Gasteiger partial charge is 0.186 e. The van der Waals surface area contributed by atoms with Crippen LogP contribution in [0.1, 0.15) is 10.6 Å². The molecule has 0 bridgehead atoms. The maximum absolute atomic E-state index is 10.8. The van der Waals surface area contributed by atoms with Gasteiger partial charge in [-0.2, -0.15) is 5.10 Å². The second-order valence-electron chi connectivity index (χ2n) is 3.26. The summed E-state index contributed by atoms with van der Waals surface area (Å²) in [7, 11) is 0. The number of nitrogens with zero attached hydrogens (tertiary/aromatic N) is 3. The number of rotatable bonds is 2. The van der Waals surface area contributed by atoms with Gasteiger partial charge in [-0.05, 0) is 18.2 Å². The van der Waals surface area contributed by atoms with Crippen molar-refractivity contribution in [1.29, 1.82) is 0 Å². The lowest BCUT2D eigenvalue weighted by Gasteiger charge is -2.00. The van der Waals surface area contributed by atoms with Crippen molar-refractivity contribution in [3.8, 4) is 11.3 Å². The van der Waals surface area contributed by atoms with Gasteiger partial charge in [-0.15, -0.1) is 0 Å². The lowest BCUT2D eigenvalue weighted by atomic mass is 10.1. The Morgan fingerprint density at radius 3 is 3.19 bits per heavy atom. The molecule has 0 unspecified atom stereocenters. The molecular formula is C11H7N3O2. The molecule has 78 valence electrons. The zero-order valence-electron chi connectivity index (χ0n) is 8.20. The number of aldehydes is 1. The number of carbonyl (C=O) groups is 1. The Balaban J connectivity index is 2.33. The molecule has 0 saturated heterocycles. The van der Waals surface area contributed by atoms with Crippen LogP contribution in [0.3, 0.4) is 0 Å². The zero-order chi connectivity index (χ0) is 11.0. The maximum Gasteiger partial charge on any atom is 0.186 e. The molecule has 5 heteroatoms. The Labute approximate surface area is 90.3 Å². The van der Waals surface area contributed by atoms with Crippen LogP contribution in [-0.2, 0) is 0 Å². The van der Waals surface area contributed by atoms with Crippen molar-refractivity contribution in [2.45, 2.75) is 0 Å². The summed E-state index contributed by atoms with van der Waals surface area (Å²) in [5.74, 6) is 0.279. The highest BCUT2D eigenvalue weighted by Gasteiger charge is 2.12. The highest BCUT2D eigenvalue weighted by atomic mass is 16.3. The highest BCUT2D eigenvalue weighted by molar-refractivity contribution is 5.88. The molecule has 0 amide bonds. The second kappa shape index (κ2) is 3.30. The predicted octanol–water partition coefficient (Wildman–Crippen LogP) is 1.80. The van der Waals surface area contributed by atoms with Crippen LogP contribution in [0.15, 0.2) is 41.4 Å². The van der Waals surface area contributed by atoms with E-state index in [1.807, 2.05) is 18.3 Å². The van der Waals surface area contributed by atoms with Crippen LogP contribution in [0.4, 0.5) is 0 Å². The first-order valence-corrected chi connectivity index (χ1v) is 4.71. The van der Waals surface area contributed by atoms with Crippen molar-refractivity contribution in [3.05, 3.63) is 42.7 Å². The summed E-state index contributed by atoms with van der Waals surface area (Å²) in [5, 5.41) is 4.05. The van der Waals surface area contributed by atoms with Crippen LogP contribution in [-0.4, -0.2) is 20.9 Å². The lowest BCUT2D eigenvalue weighted by molar-refractivity contribution is 0.110. The van der Waals surface area contributed by atoms with Crippen molar-refractivity contribution in [1.82, 2.24) is 14.6 Å². The average Bonchev–Trinajstić information content (AvgIpc) is 2.96. The second-order valence-corrected chi connectivity index (χ2v) is 3.26. The van der Waals surface area contributed by atoms with Gasteiger partial charge < -0.3 is 4.42 Å². The lowest BCUT2D eigenvalue weighted by Crippen LogP contribution is -1.95. The summed E-state index contributed by atoms with van der Waals surface area (Å²) < 4.78 is 6.75. The minimum absolute atomic E-state index is 0.279. The van der Waals surface area contributed by atoms with E-state index in [2.05, 4.69) is 10.1 Å². The Bertz CT molecular complexity index is 654. The molecule has 3 aromatic heterocycles. The van der Waals surface area contributed by atoms with Gasteiger partial charge in [-0.25, -0.2) is 9.50 Å². The summed E-state index contributed by atoms with van der Waals surface area (Å²) in [6.45, 7) is 0. The van der Waals surface area contributed by atoms with E-state index < -0.39 is 0 Å². The Morgan fingerprint density at radius 1 is 1.38 bits per heavy atom. The number of aromatic nitrogens is 3. The molecule has 0 aliphatic carbocycles. The van der Waals surface area contributed by atoms with Gasteiger partial charge in [0.1, 0.15) is 12.0 Å². The molecule has 0 atom stereocenters. The third-order valence-corrected chi connectivity index (χ3v) is 2.39. The van der Waals surface area contributed by atoms with Crippen molar-refractivity contribution < 1.29 is 9.21 Å². The van der Waals surface area contributed by atoms with Crippen LogP contribution in [0, 0.1) is 0 Å². The molecule has 0 spiro atoms. The standard InChI is InChI=1S/C11H7N3O2/c15-6-10-8(3-5-16-10)11-9-2-1-4-14(9)13-7-12-11/h1-7H. The van der Waals surface area contributed by atoms with Crippen LogP contribution in [0.5, 0.6) is 0 Å². The molecule has 3 rings (SSSR count). The molecule has 0 saturated carbocycles. The fourth-order valence-electron chi connectivity index (χ4n) is 1.68. The number of carbonyl (C=O) groups excluding carboxylic acids is 1. The van der Waals surface area contributed by atoms with Gasteiger partial charge in [0.25, 0.3) is 0 Å². The van der Waals surface area contributed by atoms with Crippen LogP contribution >= 0.6 is 0 Å². The van der Waals surface area contributed by atoms with E-state index in [1.165, 1.54) is 12.6 Å². The molecular weight excluding hydrogens is 206 g/mol. The van der Waals surface area contributed by atoms with Crippen molar-refractivity contribution in [3.63, 3.8) is 0 Å². The van der Waals surface area contributed by atoms with E-state index in [0.717, 1.165) is 5.52 Å². The molecule has 0 aromatic carbocycles. The normalized spacial score (nSPS) is 10.8. The predicted molar refractivity (Wildman–Crippen MR) is 56.1 cm³/mol. The third-order valence-electron chi connectivity index (χ3n) is 2.39. The fraction of sp³-hybridized carbons (Fsp3) is 0. The van der Waals surface area contributed by atoms with Gasteiger partial charge in [0, 0.05) is 6.20 Å². The summed E-state index contributed by atoms with van der Waals surface area (Å²) in [5.41, 5.74) is 2.21. The first-order chi connectivity index (χ1) is 7.90. The monoisotopic (exact) mass is 213 g/mol. The minimum Gasteiger partial charge on any atom is -0.461 e. The molecule has 0 aliphatic rings. The van der Waals surface area contributed by atoms with Crippen LogP contribution in [0.2, 0.25) is 0 Å². The quantitative estimate of drug-likeness (QED) is 0.609. The van der Waals surface area contributed by atoms with Gasteiger partial charge in [0.2, 0.25) is 0 Å². The molecule has 16 heavy (non-hydrogen) atoms. The molecule has 3 aromatic rings. The van der Waals surface area contributed by atoms with Crippen molar-refractivity contribution in [2.75, 3.05) is 0 Å². The van der Waals surface area contributed by atoms with E-state index in [1.54, 1.807) is 10.6 Å². The molecule has 3 heterocycles. The summed E-state index contributed by atoms with van der Waals surface area (Å²) in [6.07, 6.45) is 5.42. The summed E-state index contributed by atoms with van der Waals surface area (Å²) in [4.78, 5) is 15.0. The Hall–Kier alpha value is -2.43. The Kier molecular flexibility index (Phi) is 1.83. The van der Waals surface area contributed by atoms with E-state index in [-0.39, 0.29) is 5.76 Å². The van der Waals surface area contributed by atoms with Gasteiger partial charge >= 0.3 is 0 Å². The van der Waals surface area contributed by atoms with Crippen molar-refractivity contribution in [2.24, 2.45) is 0 Å². The van der Waals surface area contributed by atoms with Gasteiger partial charge in [-0.1, -0.05) is 0 Å². The van der Waals surface area contributed by atoms with Crippen molar-refractivity contribution >= 4 is 11.8 Å². The van der Waals surface area contributed by atoms with Gasteiger partial charge in [0.05, 0.1) is 17.3 Å². The number of hydrogen-bond donors (Lipinski definition) is 0. The molecule has 0 fully saturated rings. The molecule has 0 aliphatic heterocycles. The number of furan rings is 1. The Morgan fingerprint density at radius 2 is 2.31 bits per heavy atom. The van der Waals surface area contributed by atoms with Crippen LogP contribution < -0.4 is 0 Å². The summed E-state index contributed by atoms with van der Waals surface area (Å²) in [6, 6.07) is 5.48. The largest absolute Gasteiger partial charge is 0.461 e. The molecule has 0 radical (unpaired) electrons. The molecule has 0 N–H and O–H groups in total. The summed E-state index contributed by atoms with van der Waals surface area (Å²) >= 11 is 0. The first kappa shape index (κ1) is 8.84. The minimum atomic E-state index is 0.279. The zero-order valence-corrected chi connectivity index (χ0v) is 8.20. The van der Waals surface area contributed by atoms with Crippen LogP contribution in [0.25, 0.3) is 16.8 Å². The highest BCUT2D eigenvalue weighted by Crippen LogP contribution is 2.25. The number of hydrogen-bond acceptors (Lipinski definition) is 4. The van der Waals surface area contributed by atoms with Gasteiger partial charge in [0.15, 0.2) is 12.0 Å². The third kappa shape index (κ3) is 1.15. The van der Waals surface area contributed by atoms with E-state index in [9.17, 15) is 4.79 Å². The topological polar surface area (TPSA) is 60.4 Å². The van der Waals surface area contributed by atoms with Gasteiger partial charge in [-0.3, -0.25) is 4.79 Å². The number of fused-ring (bicyclic) bond motifs is 1. The molecule has 5 nitrogen and oxygen atoms in total. The van der Waals surface area contributed by atoms with E-state index >= 15 is 0 Å². The van der Waals surface area contributed by atoms with E-state index in [0.29, 0.717) is 17.5 Å². The SMILES string of the molecule is O=Cc1occc1-c1ncnn2cccc12. The maximum atomic E-state index is 10.8. The first-order valence-electron chi connectivity index (χ1n) is 4.71. The fourth-order valence-corrected chi connectivity index (χ4v) is 1.68.